The van der Waals surface area contributed by atoms with Gasteiger partial charge < -0.3 is 4.74 Å². The first kappa shape index (κ1) is 10.3. The number of ketones is 1. The van der Waals surface area contributed by atoms with E-state index >= 15 is 0 Å². The number of rotatable bonds is 2. The maximum absolute atomic E-state index is 11.4. The van der Waals surface area contributed by atoms with Crippen LogP contribution in [0.25, 0.3) is 0 Å². The van der Waals surface area contributed by atoms with Crippen LogP contribution in [0.5, 0.6) is 0 Å². The van der Waals surface area contributed by atoms with Gasteiger partial charge in [-0.1, -0.05) is 20.3 Å². The molecule has 0 aliphatic heterocycles. The van der Waals surface area contributed by atoms with Crippen LogP contribution in [0, 0.1) is 5.41 Å². The minimum absolute atomic E-state index is 0.257. The zero-order chi connectivity index (χ0) is 9.90. The Balaban J connectivity index is 2.74. The second-order valence-corrected chi connectivity index (χ2v) is 4.14. The van der Waals surface area contributed by atoms with Crippen molar-refractivity contribution >= 4 is 5.78 Å². The average molecular weight is 182 g/mol. The van der Waals surface area contributed by atoms with Gasteiger partial charge in [0, 0.05) is 12.0 Å². The maximum Gasteiger partial charge on any atom is 0.161 e. The van der Waals surface area contributed by atoms with Crippen molar-refractivity contribution in [1.82, 2.24) is 0 Å². The molecule has 0 aromatic rings. The second-order valence-electron chi connectivity index (χ2n) is 4.14. The van der Waals surface area contributed by atoms with Gasteiger partial charge in [-0.15, -0.1) is 0 Å². The van der Waals surface area contributed by atoms with Crippen molar-refractivity contribution in [2.75, 3.05) is 7.11 Å². The van der Waals surface area contributed by atoms with Crippen molar-refractivity contribution in [3.05, 3.63) is 11.8 Å². The Bertz CT molecular complexity index is 230. The molecule has 2 heteroatoms. The Kier molecular flexibility index (Phi) is 3.12. The van der Waals surface area contributed by atoms with Crippen LogP contribution in [0.2, 0.25) is 0 Å². The summed E-state index contributed by atoms with van der Waals surface area (Å²) in [6.07, 6.45) is 5.30. The predicted octanol–water partition coefficient (Wildman–Crippen LogP) is 2.69. The van der Waals surface area contributed by atoms with Crippen LogP contribution >= 0.6 is 0 Å². The highest BCUT2D eigenvalue weighted by atomic mass is 16.5. The largest absolute Gasteiger partial charge is 0.504 e. The summed E-state index contributed by atoms with van der Waals surface area (Å²) in [5.74, 6) is 0.257. The van der Waals surface area contributed by atoms with Crippen molar-refractivity contribution in [1.29, 1.82) is 0 Å². The molecule has 0 amide bonds. The molecule has 0 aromatic heterocycles. The molecule has 1 unspecified atom stereocenters. The standard InChI is InChI=1S/C11H18O2/c1-4-11(2)6-5-10(12)9(7-11)8-13-3/h8H,4-7H2,1-3H3/b9-8-. The third-order valence-electron chi connectivity index (χ3n) is 3.04. The number of allylic oxidation sites excluding steroid dienone is 1. The van der Waals surface area contributed by atoms with Gasteiger partial charge in [-0.25, -0.2) is 0 Å². The number of hydrogen-bond donors (Lipinski definition) is 0. The highest BCUT2D eigenvalue weighted by Gasteiger charge is 2.31. The molecule has 1 saturated carbocycles. The highest BCUT2D eigenvalue weighted by molar-refractivity contribution is 5.96. The van der Waals surface area contributed by atoms with Gasteiger partial charge >= 0.3 is 0 Å². The summed E-state index contributed by atoms with van der Waals surface area (Å²) in [6, 6.07) is 0. The highest BCUT2D eigenvalue weighted by Crippen LogP contribution is 2.39. The topological polar surface area (TPSA) is 26.3 Å². The summed E-state index contributed by atoms with van der Waals surface area (Å²) in [5.41, 5.74) is 1.16. The van der Waals surface area contributed by atoms with Crippen LogP contribution in [0.1, 0.15) is 39.5 Å². The molecule has 0 saturated heterocycles. The van der Waals surface area contributed by atoms with Gasteiger partial charge in [-0.3, -0.25) is 4.79 Å². The van der Waals surface area contributed by atoms with E-state index in [1.165, 1.54) is 0 Å². The van der Waals surface area contributed by atoms with Gasteiger partial charge in [-0.05, 0) is 18.3 Å². The fourth-order valence-electron chi connectivity index (χ4n) is 1.77. The molecule has 0 aromatic carbocycles. The van der Waals surface area contributed by atoms with Crippen LogP contribution in [0.4, 0.5) is 0 Å². The third-order valence-corrected chi connectivity index (χ3v) is 3.04. The number of hydrogen-bond acceptors (Lipinski definition) is 2. The first-order valence-electron chi connectivity index (χ1n) is 4.86. The van der Waals surface area contributed by atoms with Crippen LogP contribution in [0.3, 0.4) is 0 Å². The summed E-state index contributed by atoms with van der Waals surface area (Å²) < 4.78 is 4.91. The normalized spacial score (nSPS) is 32.2. The first-order valence-corrected chi connectivity index (χ1v) is 4.86. The summed E-state index contributed by atoms with van der Waals surface area (Å²) in [7, 11) is 1.60. The maximum atomic E-state index is 11.4. The SMILES string of the molecule is CCC1(C)CCC(=O)/C(=C\OC)C1. The summed E-state index contributed by atoms with van der Waals surface area (Å²) in [5, 5.41) is 0. The molecule has 1 aliphatic rings. The van der Waals surface area contributed by atoms with Gasteiger partial charge in [0.15, 0.2) is 5.78 Å². The van der Waals surface area contributed by atoms with Crippen molar-refractivity contribution in [2.24, 2.45) is 5.41 Å². The van der Waals surface area contributed by atoms with E-state index in [4.69, 9.17) is 4.74 Å². The quantitative estimate of drug-likeness (QED) is 0.485. The van der Waals surface area contributed by atoms with Crippen LogP contribution in [-0.2, 0) is 9.53 Å². The fraction of sp³-hybridized carbons (Fsp3) is 0.727. The van der Waals surface area contributed by atoms with E-state index in [1.54, 1.807) is 13.4 Å². The average Bonchev–Trinajstić information content (AvgIpc) is 2.12. The molecule has 74 valence electrons. The molecule has 2 nitrogen and oxygen atoms in total. The van der Waals surface area contributed by atoms with Gasteiger partial charge in [0.25, 0.3) is 0 Å². The number of carbonyl (C=O) groups excluding carboxylic acids is 1. The fourth-order valence-corrected chi connectivity index (χ4v) is 1.77. The van der Waals surface area contributed by atoms with E-state index in [-0.39, 0.29) is 5.78 Å². The Morgan fingerprint density at radius 3 is 2.85 bits per heavy atom. The summed E-state index contributed by atoms with van der Waals surface area (Å²) in [6.45, 7) is 4.42. The van der Waals surface area contributed by atoms with Crippen molar-refractivity contribution < 1.29 is 9.53 Å². The Morgan fingerprint density at radius 1 is 1.62 bits per heavy atom. The number of carbonyl (C=O) groups is 1. The van der Waals surface area contributed by atoms with E-state index in [2.05, 4.69) is 13.8 Å². The molecule has 1 fully saturated rings. The van der Waals surface area contributed by atoms with Crippen molar-refractivity contribution in [2.45, 2.75) is 39.5 Å². The molecule has 0 spiro atoms. The lowest BCUT2D eigenvalue weighted by molar-refractivity contribution is -0.118. The van der Waals surface area contributed by atoms with Crippen molar-refractivity contribution in [3.8, 4) is 0 Å². The van der Waals surface area contributed by atoms with Crippen LogP contribution < -0.4 is 0 Å². The smallest absolute Gasteiger partial charge is 0.161 e. The zero-order valence-electron chi connectivity index (χ0n) is 8.72. The third kappa shape index (κ3) is 2.33. The monoisotopic (exact) mass is 182 g/mol. The molecule has 0 heterocycles. The van der Waals surface area contributed by atoms with Crippen LogP contribution in [-0.4, -0.2) is 12.9 Å². The van der Waals surface area contributed by atoms with Crippen LogP contribution in [0.15, 0.2) is 11.8 Å². The Hall–Kier alpha value is -0.790. The molecule has 0 N–H and O–H groups in total. The van der Waals surface area contributed by atoms with Gasteiger partial charge in [0.05, 0.1) is 13.4 Å². The molecule has 1 aliphatic carbocycles. The summed E-state index contributed by atoms with van der Waals surface area (Å²) in [4.78, 5) is 11.4. The lowest BCUT2D eigenvalue weighted by atomic mass is 9.72. The Labute approximate surface area is 80.0 Å². The van der Waals surface area contributed by atoms with E-state index < -0.39 is 0 Å². The van der Waals surface area contributed by atoms with Gasteiger partial charge in [0.2, 0.25) is 0 Å². The lowest BCUT2D eigenvalue weighted by Gasteiger charge is -2.32. The molecule has 1 rings (SSSR count). The van der Waals surface area contributed by atoms with E-state index in [0.717, 1.165) is 24.8 Å². The second kappa shape index (κ2) is 3.95. The zero-order valence-corrected chi connectivity index (χ0v) is 8.72. The first-order chi connectivity index (χ1) is 6.11. The minimum atomic E-state index is 0.257. The predicted molar refractivity (Wildman–Crippen MR) is 52.3 cm³/mol. The van der Waals surface area contributed by atoms with E-state index in [9.17, 15) is 4.79 Å². The lowest BCUT2D eigenvalue weighted by Crippen LogP contribution is -2.25. The van der Waals surface area contributed by atoms with Gasteiger partial charge in [0.1, 0.15) is 0 Å². The number of methoxy groups -OCH3 is 1. The molecule has 0 bridgehead atoms. The molecular weight excluding hydrogens is 164 g/mol. The van der Waals surface area contributed by atoms with E-state index in [1.807, 2.05) is 0 Å². The molecule has 1 atom stereocenters. The molecular formula is C11H18O2. The Morgan fingerprint density at radius 2 is 2.31 bits per heavy atom. The number of Topliss-reactive ketones (excluding diaryl/α,β-unsaturated/α-hetero) is 1. The minimum Gasteiger partial charge on any atom is -0.504 e. The van der Waals surface area contributed by atoms with E-state index in [0.29, 0.717) is 11.8 Å². The molecule has 0 radical (unpaired) electrons. The number of ether oxygens (including phenoxy) is 1. The van der Waals surface area contributed by atoms with Gasteiger partial charge in [-0.2, -0.15) is 0 Å². The molecule has 13 heavy (non-hydrogen) atoms. The summed E-state index contributed by atoms with van der Waals surface area (Å²) >= 11 is 0. The van der Waals surface area contributed by atoms with Crippen molar-refractivity contribution in [3.63, 3.8) is 0 Å².